The molecule has 0 bridgehead atoms. The number of nitrogens with one attached hydrogen (secondary N) is 3. The molecule has 0 saturated carbocycles. The maximum absolute atomic E-state index is 12.9. The monoisotopic (exact) mass is 653 g/mol. The van der Waals surface area contributed by atoms with E-state index >= 15 is 0 Å². The van der Waals surface area contributed by atoms with Crippen molar-refractivity contribution in [2.45, 2.75) is 45.3 Å². The molecule has 5 rings (SSSR count). The zero-order valence-corrected chi connectivity index (χ0v) is 25.1. The van der Waals surface area contributed by atoms with Gasteiger partial charge in [-0.15, -0.1) is 0 Å². The molecule has 8 heteroatoms. The summed E-state index contributed by atoms with van der Waals surface area (Å²) < 4.78 is 0.749. The summed E-state index contributed by atoms with van der Waals surface area (Å²) in [6.07, 6.45) is 1.86. The fourth-order valence-electron chi connectivity index (χ4n) is 5.25. The van der Waals surface area contributed by atoms with Crippen molar-refractivity contribution in [2.75, 3.05) is 23.7 Å². The number of rotatable bonds is 6. The minimum absolute atomic E-state index is 0.0346. The third-order valence-corrected chi connectivity index (χ3v) is 7.86. The van der Waals surface area contributed by atoms with Crippen LogP contribution in [0.15, 0.2) is 83.4 Å². The summed E-state index contributed by atoms with van der Waals surface area (Å²) in [5.41, 5.74) is 7.04. The van der Waals surface area contributed by atoms with Gasteiger partial charge in [-0.1, -0.05) is 41.9 Å². The Labute approximate surface area is 249 Å². The fraction of sp³-hybridized carbons (Fsp3) is 0.290. The number of hydrogen-bond acceptors (Lipinski definition) is 4. The minimum atomic E-state index is -0.0346. The Balaban J connectivity index is 1.20. The lowest BCUT2D eigenvalue weighted by Crippen LogP contribution is -2.36. The van der Waals surface area contributed by atoms with Gasteiger partial charge in [0.25, 0.3) is 5.91 Å². The quantitative estimate of drug-likeness (QED) is 0.114. The van der Waals surface area contributed by atoms with Gasteiger partial charge in [-0.05, 0) is 103 Å². The van der Waals surface area contributed by atoms with Gasteiger partial charge in [0.2, 0.25) is 0 Å². The molecule has 1 saturated heterocycles. The SMILES string of the molecule is CC1=C(N=C(I)Nc2ccc(C(=O)NC3CCN(Cc4ccccc4)C3)cc2)c2ccc(Cl)cc2NC(C)C1. The molecule has 2 aliphatic rings. The average molecular weight is 654 g/mol. The molecule has 2 aliphatic heterocycles. The molecule has 1 amide bonds. The van der Waals surface area contributed by atoms with Crippen LogP contribution < -0.4 is 16.0 Å². The van der Waals surface area contributed by atoms with E-state index in [-0.39, 0.29) is 18.0 Å². The number of carbonyl (C=O) groups is 1. The first kappa shape index (κ1) is 27.7. The first-order valence-electron chi connectivity index (χ1n) is 13.3. The largest absolute Gasteiger partial charge is 0.382 e. The maximum Gasteiger partial charge on any atom is 0.251 e. The first-order chi connectivity index (χ1) is 18.8. The van der Waals surface area contributed by atoms with E-state index in [1.807, 2.05) is 48.5 Å². The van der Waals surface area contributed by atoms with E-state index < -0.39 is 0 Å². The highest BCUT2D eigenvalue weighted by atomic mass is 127. The standard InChI is InChI=1S/C31H33ClIN5O/c1-20-16-21(2)34-28-17-24(32)10-13-27(28)29(20)37-31(33)36-25-11-8-23(9-12-25)30(39)35-26-14-15-38(19-26)18-22-6-4-3-5-7-22/h3-13,17,21,26,34H,14-16,18-19H2,1-2H3,(H,35,39)(H,36,37). The second kappa shape index (κ2) is 12.5. The number of amides is 1. The first-order valence-corrected chi connectivity index (χ1v) is 14.7. The molecule has 2 heterocycles. The molecule has 0 aromatic heterocycles. The van der Waals surface area contributed by atoms with Crippen molar-refractivity contribution < 1.29 is 4.79 Å². The average Bonchev–Trinajstić information content (AvgIpc) is 3.30. The Morgan fingerprint density at radius 3 is 2.67 bits per heavy atom. The van der Waals surface area contributed by atoms with Crippen LogP contribution in [0.5, 0.6) is 0 Å². The number of carbonyl (C=O) groups excluding carboxylic acids is 1. The molecule has 3 aromatic rings. The van der Waals surface area contributed by atoms with Crippen molar-refractivity contribution >= 4 is 61.0 Å². The summed E-state index contributed by atoms with van der Waals surface area (Å²) >= 11 is 8.48. The van der Waals surface area contributed by atoms with E-state index in [2.05, 4.69) is 81.6 Å². The molecule has 3 N–H and O–H groups in total. The van der Waals surface area contributed by atoms with Crippen molar-refractivity contribution in [3.8, 4) is 0 Å². The number of likely N-dealkylation sites (tertiary alicyclic amines) is 1. The summed E-state index contributed by atoms with van der Waals surface area (Å²) in [6.45, 7) is 7.06. The number of halogens is 2. The summed E-state index contributed by atoms with van der Waals surface area (Å²) in [7, 11) is 0. The van der Waals surface area contributed by atoms with E-state index in [9.17, 15) is 4.79 Å². The number of hydrogen-bond donors (Lipinski definition) is 3. The maximum atomic E-state index is 12.9. The van der Waals surface area contributed by atoms with E-state index in [4.69, 9.17) is 16.6 Å². The lowest BCUT2D eigenvalue weighted by molar-refractivity contribution is 0.0937. The topological polar surface area (TPSA) is 68.8 Å². The Morgan fingerprint density at radius 2 is 1.90 bits per heavy atom. The third-order valence-electron chi connectivity index (χ3n) is 7.12. The van der Waals surface area contributed by atoms with Crippen LogP contribution in [0.4, 0.5) is 11.4 Å². The zero-order valence-electron chi connectivity index (χ0n) is 22.2. The Kier molecular flexibility index (Phi) is 8.89. The van der Waals surface area contributed by atoms with E-state index in [1.54, 1.807) is 0 Å². The van der Waals surface area contributed by atoms with Crippen LogP contribution >= 0.6 is 34.2 Å². The summed E-state index contributed by atoms with van der Waals surface area (Å²) in [5, 5.41) is 10.8. The van der Waals surface area contributed by atoms with Gasteiger partial charge in [0.15, 0.2) is 3.84 Å². The molecule has 3 aromatic carbocycles. The van der Waals surface area contributed by atoms with E-state index in [1.165, 1.54) is 11.1 Å². The highest BCUT2D eigenvalue weighted by Crippen LogP contribution is 2.35. The van der Waals surface area contributed by atoms with E-state index in [0.29, 0.717) is 10.6 Å². The van der Waals surface area contributed by atoms with Gasteiger partial charge < -0.3 is 16.0 Å². The Hall–Kier alpha value is -2.88. The smallest absolute Gasteiger partial charge is 0.251 e. The highest BCUT2D eigenvalue weighted by Gasteiger charge is 2.24. The summed E-state index contributed by atoms with van der Waals surface area (Å²) in [5.74, 6) is -0.0346. The van der Waals surface area contributed by atoms with Crippen LogP contribution in [0.1, 0.15) is 48.2 Å². The van der Waals surface area contributed by atoms with Crippen molar-refractivity contribution in [1.82, 2.24) is 10.2 Å². The van der Waals surface area contributed by atoms with Crippen molar-refractivity contribution in [3.05, 3.63) is 100 Å². The molecule has 0 aliphatic carbocycles. The van der Waals surface area contributed by atoms with E-state index in [0.717, 1.165) is 59.0 Å². The molecule has 2 atom stereocenters. The van der Waals surface area contributed by atoms with Gasteiger partial charge in [-0.25, -0.2) is 4.99 Å². The van der Waals surface area contributed by atoms with Crippen LogP contribution in [0.2, 0.25) is 5.02 Å². The number of aliphatic imine (C=N–C) groups is 1. The van der Waals surface area contributed by atoms with Crippen molar-refractivity contribution in [1.29, 1.82) is 0 Å². The minimum Gasteiger partial charge on any atom is -0.382 e. The molecule has 2 unspecified atom stereocenters. The highest BCUT2D eigenvalue weighted by molar-refractivity contribution is 14.1. The second-order valence-electron chi connectivity index (χ2n) is 10.4. The molecule has 1 fully saturated rings. The van der Waals surface area contributed by atoms with Crippen molar-refractivity contribution in [3.63, 3.8) is 0 Å². The molecular weight excluding hydrogens is 621 g/mol. The zero-order chi connectivity index (χ0) is 27.4. The summed E-state index contributed by atoms with van der Waals surface area (Å²) in [6, 6.07) is 24.4. The molecule has 0 spiro atoms. The van der Waals surface area contributed by atoms with Crippen LogP contribution in [-0.2, 0) is 6.54 Å². The van der Waals surface area contributed by atoms with Gasteiger partial charge in [0, 0.05) is 59.2 Å². The number of nitrogens with zero attached hydrogens (tertiary/aromatic N) is 2. The molecule has 0 radical (unpaired) electrons. The van der Waals surface area contributed by atoms with Crippen LogP contribution in [0.25, 0.3) is 5.70 Å². The molecule has 6 nitrogen and oxygen atoms in total. The third kappa shape index (κ3) is 7.21. The normalized spacial score (nSPS) is 19.7. The van der Waals surface area contributed by atoms with Crippen LogP contribution in [-0.4, -0.2) is 39.8 Å². The lowest BCUT2D eigenvalue weighted by atomic mass is 10.0. The van der Waals surface area contributed by atoms with Crippen LogP contribution in [0.3, 0.4) is 0 Å². The Morgan fingerprint density at radius 1 is 1.13 bits per heavy atom. The van der Waals surface area contributed by atoms with Crippen molar-refractivity contribution in [2.24, 2.45) is 4.99 Å². The molecule has 202 valence electrons. The van der Waals surface area contributed by atoms with Gasteiger partial charge >= 0.3 is 0 Å². The van der Waals surface area contributed by atoms with Crippen LogP contribution in [0, 0.1) is 0 Å². The molecular formula is C31H33ClIN5O. The number of anilines is 2. The predicted octanol–water partition coefficient (Wildman–Crippen LogP) is 7.18. The van der Waals surface area contributed by atoms with Gasteiger partial charge in [-0.2, -0.15) is 0 Å². The molecule has 39 heavy (non-hydrogen) atoms. The summed E-state index contributed by atoms with van der Waals surface area (Å²) in [4.78, 5) is 20.2. The number of benzene rings is 3. The second-order valence-corrected chi connectivity index (χ2v) is 11.8. The Bertz CT molecular complexity index is 1390. The predicted molar refractivity (Wildman–Crippen MR) is 171 cm³/mol. The van der Waals surface area contributed by atoms with Gasteiger partial charge in [0.05, 0.1) is 5.70 Å². The number of fused-ring (bicyclic) bond motifs is 1. The van der Waals surface area contributed by atoms with Gasteiger partial charge in [0.1, 0.15) is 0 Å². The fourth-order valence-corrected chi connectivity index (χ4v) is 5.98. The lowest BCUT2D eigenvalue weighted by Gasteiger charge is -2.17. The number of amidine groups is 1. The van der Waals surface area contributed by atoms with Gasteiger partial charge in [-0.3, -0.25) is 9.69 Å².